The maximum Gasteiger partial charge on any atom is 0.394 e. The molecule has 1 aliphatic rings. The first-order valence-corrected chi connectivity index (χ1v) is 7.23. The van der Waals surface area contributed by atoms with E-state index in [9.17, 15) is 22.8 Å². The molecule has 0 bridgehead atoms. The molecular weight excluding hydrogens is 329 g/mol. The standard InChI is InChI=1S/C15H17F3N2O4/c16-15(17,18)12-7-20(6-11(12)13(22)23)14(24)19-5-9-2-1-3-10(4-9)8-21/h1-4,11-12,21H,5-8H2,(H,19,24)(H,22,23)/t11-,12-/m1/s1. The summed E-state index contributed by atoms with van der Waals surface area (Å²) in [6.45, 7) is -1.26. The highest BCUT2D eigenvalue weighted by molar-refractivity contribution is 5.77. The van der Waals surface area contributed by atoms with Crippen molar-refractivity contribution in [3.8, 4) is 0 Å². The maximum atomic E-state index is 12.9. The number of carbonyl (C=O) groups is 2. The smallest absolute Gasteiger partial charge is 0.394 e. The first-order chi connectivity index (χ1) is 11.2. The van der Waals surface area contributed by atoms with E-state index in [1.165, 1.54) is 0 Å². The van der Waals surface area contributed by atoms with Crippen LogP contribution in [0, 0.1) is 11.8 Å². The highest BCUT2D eigenvalue weighted by atomic mass is 19.4. The molecule has 2 atom stereocenters. The molecule has 1 aromatic rings. The van der Waals surface area contributed by atoms with Gasteiger partial charge in [0.2, 0.25) is 0 Å². The molecule has 0 unspecified atom stereocenters. The number of hydrogen-bond acceptors (Lipinski definition) is 3. The molecule has 2 amide bonds. The second-order valence-corrected chi connectivity index (χ2v) is 5.63. The van der Waals surface area contributed by atoms with Gasteiger partial charge in [-0.3, -0.25) is 4.79 Å². The molecule has 0 aliphatic carbocycles. The molecule has 6 nitrogen and oxygen atoms in total. The molecule has 0 aromatic heterocycles. The van der Waals surface area contributed by atoms with Gasteiger partial charge in [-0.25, -0.2) is 4.79 Å². The first kappa shape index (κ1) is 18.1. The lowest BCUT2D eigenvalue weighted by atomic mass is 9.96. The van der Waals surface area contributed by atoms with Crippen LogP contribution in [0.15, 0.2) is 24.3 Å². The quantitative estimate of drug-likeness (QED) is 0.772. The van der Waals surface area contributed by atoms with Crippen LogP contribution < -0.4 is 5.32 Å². The number of nitrogens with zero attached hydrogens (tertiary/aromatic N) is 1. The summed E-state index contributed by atoms with van der Waals surface area (Å²) in [5.74, 6) is -5.30. The van der Waals surface area contributed by atoms with E-state index >= 15 is 0 Å². The van der Waals surface area contributed by atoms with Crippen molar-refractivity contribution < 1.29 is 33.0 Å². The van der Waals surface area contributed by atoms with Crippen LogP contribution in [-0.2, 0) is 17.9 Å². The number of nitrogens with one attached hydrogen (secondary N) is 1. The summed E-state index contributed by atoms with van der Waals surface area (Å²) in [6.07, 6.45) is -4.67. The predicted octanol–water partition coefficient (Wildman–Crippen LogP) is 1.58. The summed E-state index contributed by atoms with van der Waals surface area (Å²) in [6, 6.07) is 5.98. The summed E-state index contributed by atoms with van der Waals surface area (Å²) >= 11 is 0. The molecule has 132 valence electrons. The van der Waals surface area contributed by atoms with Crippen molar-refractivity contribution in [2.75, 3.05) is 13.1 Å². The van der Waals surface area contributed by atoms with E-state index in [4.69, 9.17) is 10.2 Å². The molecule has 1 saturated heterocycles. The lowest BCUT2D eigenvalue weighted by molar-refractivity contribution is -0.187. The Labute approximate surface area is 135 Å². The molecule has 1 fully saturated rings. The van der Waals surface area contributed by atoms with Crippen LogP contribution in [-0.4, -0.2) is 46.4 Å². The molecule has 3 N–H and O–H groups in total. The largest absolute Gasteiger partial charge is 0.481 e. The van der Waals surface area contributed by atoms with Crippen molar-refractivity contribution in [2.24, 2.45) is 11.8 Å². The Morgan fingerprint density at radius 3 is 2.46 bits per heavy atom. The average molecular weight is 346 g/mol. The zero-order valence-electron chi connectivity index (χ0n) is 12.6. The number of aliphatic carboxylic acids is 1. The number of benzene rings is 1. The van der Waals surface area contributed by atoms with E-state index < -0.39 is 43.1 Å². The van der Waals surface area contributed by atoms with Crippen molar-refractivity contribution in [2.45, 2.75) is 19.3 Å². The first-order valence-electron chi connectivity index (χ1n) is 7.23. The number of aliphatic hydroxyl groups excluding tert-OH is 1. The number of carboxylic acid groups (broad SMARTS) is 1. The van der Waals surface area contributed by atoms with Gasteiger partial charge in [-0.1, -0.05) is 24.3 Å². The molecule has 1 heterocycles. The van der Waals surface area contributed by atoms with Gasteiger partial charge in [0.1, 0.15) is 0 Å². The Morgan fingerprint density at radius 1 is 1.25 bits per heavy atom. The summed E-state index contributed by atoms with van der Waals surface area (Å²) < 4.78 is 38.7. The number of carboxylic acids is 1. The van der Waals surface area contributed by atoms with E-state index in [-0.39, 0.29) is 13.2 Å². The van der Waals surface area contributed by atoms with Crippen LogP contribution in [0.5, 0.6) is 0 Å². The number of halogens is 3. The molecule has 2 rings (SSSR count). The Morgan fingerprint density at radius 2 is 1.92 bits per heavy atom. The highest BCUT2D eigenvalue weighted by Crippen LogP contribution is 2.37. The van der Waals surface area contributed by atoms with Gasteiger partial charge < -0.3 is 20.4 Å². The second kappa shape index (κ2) is 7.08. The summed E-state index contributed by atoms with van der Waals surface area (Å²) in [4.78, 5) is 23.9. The Hall–Kier alpha value is -2.29. The van der Waals surface area contributed by atoms with Crippen molar-refractivity contribution in [3.05, 3.63) is 35.4 Å². The summed E-state index contributed by atoms with van der Waals surface area (Å²) in [5, 5.41) is 20.4. The molecule has 24 heavy (non-hydrogen) atoms. The lowest BCUT2D eigenvalue weighted by Crippen LogP contribution is -2.39. The van der Waals surface area contributed by atoms with E-state index in [0.717, 1.165) is 4.90 Å². The fourth-order valence-corrected chi connectivity index (χ4v) is 2.68. The van der Waals surface area contributed by atoms with Crippen LogP contribution in [0.3, 0.4) is 0 Å². The number of aliphatic hydroxyl groups is 1. The Kier molecular flexibility index (Phi) is 5.33. The zero-order valence-corrected chi connectivity index (χ0v) is 12.6. The van der Waals surface area contributed by atoms with Crippen LogP contribution >= 0.6 is 0 Å². The van der Waals surface area contributed by atoms with Crippen LogP contribution in [0.2, 0.25) is 0 Å². The van der Waals surface area contributed by atoms with Crippen molar-refractivity contribution >= 4 is 12.0 Å². The van der Waals surface area contributed by atoms with E-state index in [1.54, 1.807) is 24.3 Å². The molecule has 0 radical (unpaired) electrons. The van der Waals surface area contributed by atoms with Crippen LogP contribution in [0.1, 0.15) is 11.1 Å². The highest BCUT2D eigenvalue weighted by Gasteiger charge is 2.53. The maximum absolute atomic E-state index is 12.9. The van der Waals surface area contributed by atoms with Crippen LogP contribution in [0.25, 0.3) is 0 Å². The minimum atomic E-state index is -4.67. The number of hydrogen-bond donors (Lipinski definition) is 3. The zero-order chi connectivity index (χ0) is 17.9. The minimum Gasteiger partial charge on any atom is -0.481 e. The third-order valence-corrected chi connectivity index (χ3v) is 3.96. The topological polar surface area (TPSA) is 89.9 Å². The van der Waals surface area contributed by atoms with Crippen molar-refractivity contribution in [1.82, 2.24) is 10.2 Å². The van der Waals surface area contributed by atoms with Gasteiger partial charge in [0.25, 0.3) is 0 Å². The summed E-state index contributed by atoms with van der Waals surface area (Å²) in [5.41, 5.74) is 1.32. The number of alkyl halides is 3. The van der Waals surface area contributed by atoms with Gasteiger partial charge in [-0.15, -0.1) is 0 Å². The molecule has 1 aromatic carbocycles. The molecule has 0 spiro atoms. The van der Waals surface area contributed by atoms with Crippen molar-refractivity contribution in [1.29, 1.82) is 0 Å². The minimum absolute atomic E-state index is 0.0671. The molecule has 1 aliphatic heterocycles. The van der Waals surface area contributed by atoms with E-state index in [2.05, 4.69) is 5.32 Å². The van der Waals surface area contributed by atoms with Gasteiger partial charge in [0.05, 0.1) is 18.4 Å². The third kappa shape index (κ3) is 4.16. The Bertz CT molecular complexity index is 621. The van der Waals surface area contributed by atoms with Crippen LogP contribution in [0.4, 0.5) is 18.0 Å². The molecule has 0 saturated carbocycles. The van der Waals surface area contributed by atoms with Gasteiger partial charge in [-0.2, -0.15) is 13.2 Å². The number of rotatable bonds is 4. The second-order valence-electron chi connectivity index (χ2n) is 5.63. The number of urea groups is 1. The summed E-state index contributed by atoms with van der Waals surface area (Å²) in [7, 11) is 0. The third-order valence-electron chi connectivity index (χ3n) is 3.96. The van der Waals surface area contributed by atoms with E-state index in [0.29, 0.717) is 11.1 Å². The normalized spacial score (nSPS) is 20.9. The van der Waals surface area contributed by atoms with Gasteiger partial charge in [0.15, 0.2) is 0 Å². The fourth-order valence-electron chi connectivity index (χ4n) is 2.68. The van der Waals surface area contributed by atoms with Gasteiger partial charge >= 0.3 is 18.2 Å². The fraction of sp³-hybridized carbons (Fsp3) is 0.467. The number of amides is 2. The van der Waals surface area contributed by atoms with Gasteiger partial charge in [-0.05, 0) is 11.1 Å². The SMILES string of the molecule is O=C(O)[C@@H]1CN(C(=O)NCc2cccc(CO)c2)C[C@H]1C(F)(F)F. The van der Waals surface area contributed by atoms with Gasteiger partial charge in [0, 0.05) is 19.6 Å². The average Bonchev–Trinajstić information content (AvgIpc) is 2.98. The number of carbonyl (C=O) groups excluding carboxylic acids is 1. The number of likely N-dealkylation sites (tertiary alicyclic amines) is 1. The lowest BCUT2D eigenvalue weighted by Gasteiger charge is -2.18. The predicted molar refractivity (Wildman–Crippen MR) is 76.8 cm³/mol. The van der Waals surface area contributed by atoms with E-state index in [1.807, 2.05) is 0 Å². The Balaban J connectivity index is 1.98. The molecular formula is C15H17F3N2O4. The molecule has 9 heteroatoms. The monoisotopic (exact) mass is 346 g/mol. The van der Waals surface area contributed by atoms with Crippen molar-refractivity contribution in [3.63, 3.8) is 0 Å².